The lowest BCUT2D eigenvalue weighted by Crippen LogP contribution is -2.34. The molecule has 0 bridgehead atoms. The molecule has 1 rings (SSSR count). The zero-order valence-corrected chi connectivity index (χ0v) is 11.7. The lowest BCUT2D eigenvalue weighted by Gasteiger charge is -2.23. The second kappa shape index (κ2) is 7.09. The molecule has 1 heterocycles. The summed E-state index contributed by atoms with van der Waals surface area (Å²) < 4.78 is 0. The minimum absolute atomic E-state index is 0.0896. The predicted molar refractivity (Wildman–Crippen MR) is 73.3 cm³/mol. The summed E-state index contributed by atoms with van der Waals surface area (Å²) in [5.41, 5.74) is 0.455. The van der Waals surface area contributed by atoms with Gasteiger partial charge in [0, 0.05) is 19.2 Å². The summed E-state index contributed by atoms with van der Waals surface area (Å²) in [4.78, 5) is 28.1. The lowest BCUT2D eigenvalue weighted by molar-refractivity contribution is -0.136. The van der Waals surface area contributed by atoms with E-state index in [1.165, 1.54) is 11.1 Å². The van der Waals surface area contributed by atoms with Crippen LogP contribution in [0.4, 0.5) is 5.69 Å². The number of anilines is 1. The SMILES string of the molecule is CC(C)CC(=O)N(CCC(=O)O)c1cccnc1Cl. The molecule has 0 saturated heterocycles. The number of aliphatic carboxylic acids is 1. The van der Waals surface area contributed by atoms with Crippen molar-refractivity contribution in [3.8, 4) is 0 Å². The number of carbonyl (C=O) groups excluding carboxylic acids is 1. The summed E-state index contributed by atoms with van der Waals surface area (Å²) >= 11 is 5.96. The number of pyridine rings is 1. The van der Waals surface area contributed by atoms with Crippen LogP contribution < -0.4 is 4.90 Å². The number of hydrogen-bond donors (Lipinski definition) is 1. The molecule has 19 heavy (non-hydrogen) atoms. The molecular formula is C13H17ClN2O3. The largest absolute Gasteiger partial charge is 0.481 e. The number of aromatic nitrogens is 1. The number of carboxylic acids is 1. The van der Waals surface area contributed by atoms with E-state index < -0.39 is 5.97 Å². The van der Waals surface area contributed by atoms with Crippen LogP contribution in [0.3, 0.4) is 0 Å². The first-order valence-electron chi connectivity index (χ1n) is 6.04. The van der Waals surface area contributed by atoms with E-state index in [4.69, 9.17) is 16.7 Å². The van der Waals surface area contributed by atoms with Crippen molar-refractivity contribution in [2.75, 3.05) is 11.4 Å². The second-order valence-corrected chi connectivity index (χ2v) is 4.96. The molecule has 1 aromatic heterocycles. The molecule has 0 spiro atoms. The molecule has 0 unspecified atom stereocenters. The smallest absolute Gasteiger partial charge is 0.305 e. The standard InChI is InChI=1S/C13H17ClN2O3/c1-9(2)8-11(17)16(7-5-12(18)19)10-4-3-6-15-13(10)14/h3-4,6,9H,5,7-8H2,1-2H3,(H,18,19). The molecule has 0 aromatic carbocycles. The summed E-state index contributed by atoms with van der Waals surface area (Å²) in [6.07, 6.45) is 1.73. The highest BCUT2D eigenvalue weighted by molar-refractivity contribution is 6.32. The van der Waals surface area contributed by atoms with Crippen molar-refractivity contribution in [2.24, 2.45) is 5.92 Å². The molecule has 0 aliphatic heterocycles. The third-order valence-corrected chi connectivity index (χ3v) is 2.75. The van der Waals surface area contributed by atoms with Gasteiger partial charge in [-0.25, -0.2) is 4.98 Å². The Morgan fingerprint density at radius 2 is 2.16 bits per heavy atom. The van der Waals surface area contributed by atoms with E-state index in [0.29, 0.717) is 12.1 Å². The molecule has 0 aliphatic rings. The number of rotatable bonds is 6. The van der Waals surface area contributed by atoms with E-state index in [9.17, 15) is 9.59 Å². The molecule has 0 aliphatic carbocycles. The molecule has 5 nitrogen and oxygen atoms in total. The number of carbonyl (C=O) groups is 2. The van der Waals surface area contributed by atoms with Gasteiger partial charge >= 0.3 is 5.97 Å². The van der Waals surface area contributed by atoms with Gasteiger partial charge in [0.2, 0.25) is 5.91 Å². The topological polar surface area (TPSA) is 70.5 Å². The fourth-order valence-corrected chi connectivity index (χ4v) is 1.85. The van der Waals surface area contributed by atoms with E-state index in [-0.39, 0.29) is 29.9 Å². The van der Waals surface area contributed by atoms with Gasteiger partial charge in [0.15, 0.2) is 5.15 Å². The molecule has 0 fully saturated rings. The number of amides is 1. The van der Waals surface area contributed by atoms with Gasteiger partial charge in [0.25, 0.3) is 0 Å². The molecule has 0 radical (unpaired) electrons. The summed E-state index contributed by atoms with van der Waals surface area (Å²) in [7, 11) is 0. The Morgan fingerprint density at radius 3 is 2.68 bits per heavy atom. The fourth-order valence-electron chi connectivity index (χ4n) is 1.63. The minimum atomic E-state index is -0.956. The monoisotopic (exact) mass is 284 g/mol. The van der Waals surface area contributed by atoms with E-state index in [2.05, 4.69) is 4.98 Å². The van der Waals surface area contributed by atoms with E-state index in [1.54, 1.807) is 12.1 Å². The fraction of sp³-hybridized carbons (Fsp3) is 0.462. The van der Waals surface area contributed by atoms with Crippen molar-refractivity contribution in [2.45, 2.75) is 26.7 Å². The average molecular weight is 285 g/mol. The Labute approximate surface area is 117 Å². The van der Waals surface area contributed by atoms with Crippen LogP contribution in [0.15, 0.2) is 18.3 Å². The van der Waals surface area contributed by atoms with E-state index in [1.807, 2.05) is 13.8 Å². The zero-order chi connectivity index (χ0) is 14.4. The molecule has 1 aromatic rings. The Morgan fingerprint density at radius 1 is 1.47 bits per heavy atom. The lowest BCUT2D eigenvalue weighted by atomic mass is 10.1. The number of nitrogens with zero attached hydrogens (tertiary/aromatic N) is 2. The van der Waals surface area contributed by atoms with Crippen LogP contribution in [0.1, 0.15) is 26.7 Å². The summed E-state index contributed by atoms with van der Waals surface area (Å²) in [5, 5.41) is 8.95. The van der Waals surface area contributed by atoms with E-state index in [0.717, 1.165) is 0 Å². The zero-order valence-electron chi connectivity index (χ0n) is 11.0. The number of carboxylic acid groups (broad SMARTS) is 1. The maximum atomic E-state index is 12.2. The summed E-state index contributed by atoms with van der Waals surface area (Å²) in [5.74, 6) is -0.913. The highest BCUT2D eigenvalue weighted by Crippen LogP contribution is 2.24. The van der Waals surface area contributed by atoms with Gasteiger partial charge in [-0.15, -0.1) is 0 Å². The second-order valence-electron chi connectivity index (χ2n) is 4.60. The van der Waals surface area contributed by atoms with Gasteiger partial charge in [-0.05, 0) is 18.1 Å². The van der Waals surface area contributed by atoms with Crippen LogP contribution in [0.2, 0.25) is 5.15 Å². The van der Waals surface area contributed by atoms with Crippen molar-refractivity contribution >= 4 is 29.2 Å². The highest BCUT2D eigenvalue weighted by Gasteiger charge is 2.20. The van der Waals surface area contributed by atoms with Crippen molar-refractivity contribution in [3.63, 3.8) is 0 Å². The first kappa shape index (κ1) is 15.4. The van der Waals surface area contributed by atoms with Crippen LogP contribution in [0, 0.1) is 5.92 Å². The number of hydrogen-bond acceptors (Lipinski definition) is 3. The molecule has 6 heteroatoms. The van der Waals surface area contributed by atoms with Crippen LogP contribution in [0.25, 0.3) is 0 Å². The van der Waals surface area contributed by atoms with Crippen LogP contribution in [-0.2, 0) is 9.59 Å². The third kappa shape index (κ3) is 4.87. The molecular weight excluding hydrogens is 268 g/mol. The highest BCUT2D eigenvalue weighted by atomic mass is 35.5. The summed E-state index contributed by atoms with van der Waals surface area (Å²) in [6.45, 7) is 3.95. The van der Waals surface area contributed by atoms with Gasteiger partial charge in [-0.2, -0.15) is 0 Å². The maximum absolute atomic E-state index is 12.2. The number of halogens is 1. The first-order chi connectivity index (χ1) is 8.91. The van der Waals surface area contributed by atoms with Crippen LogP contribution in [-0.4, -0.2) is 28.5 Å². The van der Waals surface area contributed by atoms with Crippen LogP contribution >= 0.6 is 11.6 Å². The molecule has 1 amide bonds. The average Bonchev–Trinajstić information content (AvgIpc) is 2.30. The quantitative estimate of drug-likeness (QED) is 0.815. The Kier molecular flexibility index (Phi) is 5.76. The van der Waals surface area contributed by atoms with Gasteiger partial charge in [-0.3, -0.25) is 9.59 Å². The van der Waals surface area contributed by atoms with Crippen molar-refractivity contribution in [1.82, 2.24) is 4.98 Å². The van der Waals surface area contributed by atoms with Gasteiger partial charge in [0.05, 0.1) is 12.1 Å². The van der Waals surface area contributed by atoms with E-state index >= 15 is 0 Å². The molecule has 0 atom stereocenters. The van der Waals surface area contributed by atoms with Gasteiger partial charge < -0.3 is 10.0 Å². The molecule has 1 N–H and O–H groups in total. The maximum Gasteiger partial charge on any atom is 0.305 e. The van der Waals surface area contributed by atoms with Crippen molar-refractivity contribution in [3.05, 3.63) is 23.5 Å². The van der Waals surface area contributed by atoms with Gasteiger partial charge in [0.1, 0.15) is 0 Å². The molecule has 0 saturated carbocycles. The Hall–Kier alpha value is -1.62. The predicted octanol–water partition coefficient (Wildman–Crippen LogP) is 2.59. The minimum Gasteiger partial charge on any atom is -0.481 e. The normalized spacial score (nSPS) is 10.5. The van der Waals surface area contributed by atoms with Crippen molar-refractivity contribution < 1.29 is 14.7 Å². The van der Waals surface area contributed by atoms with Crippen molar-refractivity contribution in [1.29, 1.82) is 0 Å². The Bertz CT molecular complexity index is 463. The Balaban J connectivity index is 2.95. The third-order valence-electron chi connectivity index (χ3n) is 2.46. The van der Waals surface area contributed by atoms with Gasteiger partial charge in [-0.1, -0.05) is 25.4 Å². The van der Waals surface area contributed by atoms with Crippen LogP contribution in [0.5, 0.6) is 0 Å². The first-order valence-corrected chi connectivity index (χ1v) is 6.42. The summed E-state index contributed by atoms with van der Waals surface area (Å²) in [6, 6.07) is 3.33. The molecule has 104 valence electrons.